The molecule has 0 aliphatic heterocycles. The fraction of sp³-hybridized carbons (Fsp3) is 0.909. The van der Waals surface area contributed by atoms with Crippen LogP contribution >= 0.6 is 0 Å². The lowest BCUT2D eigenvalue weighted by Gasteiger charge is -2.21. The minimum atomic E-state index is 0.469. The molecule has 0 aromatic carbocycles. The summed E-state index contributed by atoms with van der Waals surface area (Å²) >= 11 is 0. The van der Waals surface area contributed by atoms with Crippen LogP contribution in [0.3, 0.4) is 0 Å². The standard InChI is InChI=1S/C11H24N2/c1-5-10(12)13-9-7-8-11(3,4)6-2/h5-9H2,1-4H3,(H2,12,13). The maximum absolute atomic E-state index is 5.61. The molecule has 0 aliphatic rings. The van der Waals surface area contributed by atoms with Gasteiger partial charge in [-0.15, -0.1) is 0 Å². The topological polar surface area (TPSA) is 38.4 Å². The van der Waals surface area contributed by atoms with Crippen LogP contribution < -0.4 is 5.73 Å². The summed E-state index contributed by atoms with van der Waals surface area (Å²) in [7, 11) is 0. The van der Waals surface area contributed by atoms with Crippen LogP contribution in [0.1, 0.15) is 53.4 Å². The van der Waals surface area contributed by atoms with Crippen molar-refractivity contribution in [1.82, 2.24) is 0 Å². The molecule has 0 aromatic heterocycles. The van der Waals surface area contributed by atoms with Gasteiger partial charge in [-0.3, -0.25) is 4.99 Å². The molecular formula is C11H24N2. The zero-order valence-corrected chi connectivity index (χ0v) is 9.56. The molecule has 78 valence electrons. The average molecular weight is 184 g/mol. The molecule has 0 aromatic rings. The Hall–Kier alpha value is -0.530. The lowest BCUT2D eigenvalue weighted by molar-refractivity contribution is 0.315. The second kappa shape index (κ2) is 6.01. The van der Waals surface area contributed by atoms with E-state index in [1.54, 1.807) is 0 Å². The summed E-state index contributed by atoms with van der Waals surface area (Å²) in [6, 6.07) is 0. The van der Waals surface area contributed by atoms with E-state index in [1.165, 1.54) is 12.8 Å². The predicted octanol–water partition coefficient (Wildman–Crippen LogP) is 2.97. The molecule has 0 amide bonds. The molecule has 0 atom stereocenters. The summed E-state index contributed by atoms with van der Waals surface area (Å²) in [5.74, 6) is 0.786. The fourth-order valence-electron chi connectivity index (χ4n) is 1.07. The Morgan fingerprint density at radius 1 is 1.31 bits per heavy atom. The first-order valence-corrected chi connectivity index (χ1v) is 5.30. The van der Waals surface area contributed by atoms with E-state index >= 15 is 0 Å². The predicted molar refractivity (Wildman–Crippen MR) is 60.1 cm³/mol. The van der Waals surface area contributed by atoms with Crippen LogP contribution in [0.15, 0.2) is 4.99 Å². The van der Waals surface area contributed by atoms with Crippen LogP contribution in [0.25, 0.3) is 0 Å². The number of hydrogen-bond acceptors (Lipinski definition) is 1. The summed E-state index contributed by atoms with van der Waals surface area (Å²) in [6.07, 6.45) is 4.50. The highest BCUT2D eigenvalue weighted by Crippen LogP contribution is 2.25. The molecule has 0 radical (unpaired) electrons. The highest BCUT2D eigenvalue weighted by atomic mass is 14.8. The van der Waals surface area contributed by atoms with Gasteiger partial charge in [-0.05, 0) is 18.3 Å². The van der Waals surface area contributed by atoms with E-state index in [0.29, 0.717) is 5.41 Å². The lowest BCUT2D eigenvalue weighted by atomic mass is 9.85. The van der Waals surface area contributed by atoms with Gasteiger partial charge in [0, 0.05) is 13.0 Å². The van der Waals surface area contributed by atoms with Gasteiger partial charge < -0.3 is 5.73 Å². The van der Waals surface area contributed by atoms with Crippen molar-refractivity contribution >= 4 is 5.84 Å². The number of rotatable bonds is 6. The molecule has 13 heavy (non-hydrogen) atoms. The van der Waals surface area contributed by atoms with Crippen LogP contribution in [0.4, 0.5) is 0 Å². The zero-order chi connectivity index (χ0) is 10.3. The van der Waals surface area contributed by atoms with Crippen molar-refractivity contribution < 1.29 is 0 Å². The SMILES string of the molecule is CCC(N)=NCCCC(C)(C)CC. The molecule has 0 bridgehead atoms. The molecule has 2 heteroatoms. The number of nitrogens with zero attached hydrogens (tertiary/aromatic N) is 1. The van der Waals surface area contributed by atoms with Crippen LogP contribution in [-0.2, 0) is 0 Å². The second-order valence-electron chi connectivity index (χ2n) is 4.35. The molecule has 0 aliphatic carbocycles. The number of aliphatic imine (C=N–C) groups is 1. The lowest BCUT2D eigenvalue weighted by Crippen LogP contribution is -2.12. The minimum absolute atomic E-state index is 0.469. The molecule has 0 fully saturated rings. The van der Waals surface area contributed by atoms with Crippen molar-refractivity contribution in [2.24, 2.45) is 16.1 Å². The van der Waals surface area contributed by atoms with Gasteiger partial charge in [0.1, 0.15) is 0 Å². The number of hydrogen-bond donors (Lipinski definition) is 1. The van der Waals surface area contributed by atoms with Gasteiger partial charge in [0.2, 0.25) is 0 Å². The molecule has 2 nitrogen and oxygen atoms in total. The van der Waals surface area contributed by atoms with Gasteiger partial charge in [-0.1, -0.05) is 34.1 Å². The highest BCUT2D eigenvalue weighted by Gasteiger charge is 2.13. The van der Waals surface area contributed by atoms with E-state index in [2.05, 4.69) is 25.8 Å². The Balaban J connectivity index is 3.57. The van der Waals surface area contributed by atoms with Crippen molar-refractivity contribution in [2.75, 3.05) is 6.54 Å². The Kier molecular flexibility index (Phi) is 5.76. The molecule has 0 heterocycles. The summed E-state index contributed by atoms with van der Waals surface area (Å²) < 4.78 is 0. The normalized spacial score (nSPS) is 13.4. The fourth-order valence-corrected chi connectivity index (χ4v) is 1.07. The van der Waals surface area contributed by atoms with Crippen LogP contribution in [0.2, 0.25) is 0 Å². The minimum Gasteiger partial charge on any atom is -0.387 e. The van der Waals surface area contributed by atoms with Crippen molar-refractivity contribution in [1.29, 1.82) is 0 Å². The first-order chi connectivity index (χ1) is 6.02. The third-order valence-corrected chi connectivity index (χ3v) is 2.65. The van der Waals surface area contributed by atoms with Crippen LogP contribution in [0, 0.1) is 5.41 Å². The Labute approximate surface area is 82.6 Å². The number of nitrogens with two attached hydrogens (primary N) is 1. The maximum Gasteiger partial charge on any atom is 0.0934 e. The third kappa shape index (κ3) is 6.62. The zero-order valence-electron chi connectivity index (χ0n) is 9.56. The average Bonchev–Trinajstić information content (AvgIpc) is 2.12. The third-order valence-electron chi connectivity index (χ3n) is 2.65. The van der Waals surface area contributed by atoms with Crippen LogP contribution in [-0.4, -0.2) is 12.4 Å². The molecule has 0 spiro atoms. The quantitative estimate of drug-likeness (QED) is 0.385. The number of amidine groups is 1. The summed E-state index contributed by atoms with van der Waals surface area (Å²) in [5.41, 5.74) is 6.07. The summed E-state index contributed by atoms with van der Waals surface area (Å²) in [4.78, 5) is 4.27. The van der Waals surface area contributed by atoms with Gasteiger partial charge in [0.15, 0.2) is 0 Å². The van der Waals surface area contributed by atoms with E-state index < -0.39 is 0 Å². The Morgan fingerprint density at radius 3 is 2.38 bits per heavy atom. The first kappa shape index (κ1) is 12.5. The molecule has 2 N–H and O–H groups in total. The van der Waals surface area contributed by atoms with Crippen molar-refractivity contribution in [3.8, 4) is 0 Å². The Bertz CT molecular complexity index is 159. The van der Waals surface area contributed by atoms with Crippen molar-refractivity contribution in [3.05, 3.63) is 0 Å². The second-order valence-corrected chi connectivity index (χ2v) is 4.35. The maximum atomic E-state index is 5.61. The highest BCUT2D eigenvalue weighted by molar-refractivity contribution is 5.79. The largest absolute Gasteiger partial charge is 0.387 e. The van der Waals surface area contributed by atoms with E-state index in [1.807, 2.05) is 6.92 Å². The van der Waals surface area contributed by atoms with Gasteiger partial charge in [0.25, 0.3) is 0 Å². The van der Waals surface area contributed by atoms with Gasteiger partial charge in [-0.25, -0.2) is 0 Å². The smallest absolute Gasteiger partial charge is 0.0934 e. The van der Waals surface area contributed by atoms with E-state index in [4.69, 9.17) is 5.73 Å². The Morgan fingerprint density at radius 2 is 1.92 bits per heavy atom. The first-order valence-electron chi connectivity index (χ1n) is 5.30. The van der Waals surface area contributed by atoms with E-state index in [9.17, 15) is 0 Å². The van der Waals surface area contributed by atoms with Gasteiger partial charge >= 0.3 is 0 Å². The molecule has 0 saturated heterocycles. The van der Waals surface area contributed by atoms with Crippen LogP contribution in [0.5, 0.6) is 0 Å². The van der Waals surface area contributed by atoms with E-state index in [-0.39, 0.29) is 0 Å². The molecular weight excluding hydrogens is 160 g/mol. The van der Waals surface area contributed by atoms with Gasteiger partial charge in [0.05, 0.1) is 5.84 Å². The van der Waals surface area contributed by atoms with Gasteiger partial charge in [-0.2, -0.15) is 0 Å². The van der Waals surface area contributed by atoms with Crippen molar-refractivity contribution in [3.63, 3.8) is 0 Å². The van der Waals surface area contributed by atoms with E-state index in [0.717, 1.165) is 25.2 Å². The monoisotopic (exact) mass is 184 g/mol. The van der Waals surface area contributed by atoms with Crippen molar-refractivity contribution in [2.45, 2.75) is 53.4 Å². The molecule has 0 unspecified atom stereocenters. The summed E-state index contributed by atoms with van der Waals surface area (Å²) in [6.45, 7) is 9.78. The summed E-state index contributed by atoms with van der Waals surface area (Å²) in [5, 5.41) is 0. The molecule has 0 rings (SSSR count). The molecule has 0 saturated carbocycles.